The van der Waals surface area contributed by atoms with Gasteiger partial charge in [0.1, 0.15) is 12.0 Å². The van der Waals surface area contributed by atoms with Crippen molar-refractivity contribution in [2.75, 3.05) is 5.32 Å². The van der Waals surface area contributed by atoms with E-state index in [4.69, 9.17) is 9.52 Å². The Hall–Kier alpha value is -2.64. The van der Waals surface area contributed by atoms with Gasteiger partial charge in [0, 0.05) is 0 Å². The predicted molar refractivity (Wildman–Crippen MR) is 66.1 cm³/mol. The van der Waals surface area contributed by atoms with E-state index in [1.165, 1.54) is 30.3 Å². The van der Waals surface area contributed by atoms with Crippen LogP contribution in [0.4, 0.5) is 18.9 Å². The van der Waals surface area contributed by atoms with Gasteiger partial charge in [-0.05, 0) is 18.2 Å². The van der Waals surface area contributed by atoms with Crippen LogP contribution in [0.25, 0.3) is 0 Å². The molecule has 1 aromatic heterocycles. The molecule has 0 spiro atoms. The lowest BCUT2D eigenvalue weighted by atomic mass is 10.2. The molecular formula is C13H10F3NO4. The minimum Gasteiger partial charge on any atom is -0.478 e. The summed E-state index contributed by atoms with van der Waals surface area (Å²) in [4.78, 5) is 10.7. The molecule has 0 fully saturated rings. The summed E-state index contributed by atoms with van der Waals surface area (Å²) in [6.45, 7) is 0.0194. The van der Waals surface area contributed by atoms with Gasteiger partial charge in [-0.3, -0.25) is 0 Å². The number of halogens is 3. The van der Waals surface area contributed by atoms with Gasteiger partial charge in [0.2, 0.25) is 0 Å². The summed E-state index contributed by atoms with van der Waals surface area (Å²) in [6.07, 6.45) is -3.74. The Labute approximate surface area is 116 Å². The van der Waals surface area contributed by atoms with Gasteiger partial charge >= 0.3 is 12.3 Å². The third kappa shape index (κ3) is 4.16. The Morgan fingerprint density at radius 2 is 2.05 bits per heavy atom. The van der Waals surface area contributed by atoms with E-state index in [0.29, 0.717) is 0 Å². The first-order valence-corrected chi connectivity index (χ1v) is 5.74. The van der Waals surface area contributed by atoms with Gasteiger partial charge in [-0.2, -0.15) is 0 Å². The molecule has 0 saturated carbocycles. The van der Waals surface area contributed by atoms with Crippen LogP contribution in [-0.2, 0) is 6.54 Å². The number of furan rings is 1. The number of carboxylic acid groups (broad SMARTS) is 1. The van der Waals surface area contributed by atoms with Gasteiger partial charge in [-0.1, -0.05) is 12.1 Å². The highest BCUT2D eigenvalue weighted by Gasteiger charge is 2.32. The van der Waals surface area contributed by atoms with Crippen LogP contribution in [0.1, 0.15) is 16.1 Å². The van der Waals surface area contributed by atoms with Gasteiger partial charge in [0.05, 0.1) is 17.8 Å². The van der Waals surface area contributed by atoms with E-state index < -0.39 is 12.3 Å². The van der Waals surface area contributed by atoms with Gasteiger partial charge in [0.25, 0.3) is 0 Å². The first-order chi connectivity index (χ1) is 9.85. The van der Waals surface area contributed by atoms with Crippen LogP contribution in [-0.4, -0.2) is 17.4 Å². The monoisotopic (exact) mass is 301 g/mol. The number of carbonyl (C=O) groups is 1. The average Bonchev–Trinajstić information content (AvgIpc) is 2.85. The van der Waals surface area contributed by atoms with Crippen molar-refractivity contribution < 1.29 is 32.2 Å². The standard InChI is InChI=1S/C13H10F3NO4/c14-13(15,16)21-11-4-2-1-3-10(11)17-6-9-5-8(7-20-9)12(18)19/h1-5,7,17H,6H2,(H,18,19). The number of hydrogen-bond acceptors (Lipinski definition) is 4. The maximum atomic E-state index is 12.2. The lowest BCUT2D eigenvalue weighted by Gasteiger charge is -2.13. The molecule has 1 heterocycles. The summed E-state index contributed by atoms with van der Waals surface area (Å²) in [6, 6.07) is 6.80. The topological polar surface area (TPSA) is 71.7 Å². The highest BCUT2D eigenvalue weighted by Crippen LogP contribution is 2.30. The van der Waals surface area contributed by atoms with E-state index in [1.807, 2.05) is 0 Å². The minimum absolute atomic E-state index is 0.0194. The molecule has 0 aliphatic carbocycles. The Morgan fingerprint density at radius 1 is 1.33 bits per heavy atom. The maximum absolute atomic E-state index is 12.2. The van der Waals surface area contributed by atoms with Crippen molar-refractivity contribution in [2.24, 2.45) is 0 Å². The van der Waals surface area contributed by atoms with Crippen molar-refractivity contribution in [3.05, 3.63) is 47.9 Å². The Morgan fingerprint density at radius 3 is 2.67 bits per heavy atom. The normalized spacial score (nSPS) is 11.2. The summed E-state index contributed by atoms with van der Waals surface area (Å²) >= 11 is 0. The number of nitrogens with one attached hydrogen (secondary N) is 1. The molecule has 112 valence electrons. The van der Waals surface area contributed by atoms with Crippen molar-refractivity contribution in [3.8, 4) is 5.75 Å². The zero-order valence-corrected chi connectivity index (χ0v) is 10.5. The molecule has 0 radical (unpaired) electrons. The van der Waals surface area contributed by atoms with Crippen LogP contribution in [0.5, 0.6) is 5.75 Å². The third-order valence-corrected chi connectivity index (χ3v) is 2.47. The number of carboxylic acids is 1. The van der Waals surface area contributed by atoms with Crippen molar-refractivity contribution in [1.82, 2.24) is 0 Å². The molecule has 0 bridgehead atoms. The Bertz CT molecular complexity index is 636. The predicted octanol–water partition coefficient (Wildman–Crippen LogP) is 3.49. The fraction of sp³-hybridized carbons (Fsp3) is 0.154. The van der Waals surface area contributed by atoms with Crippen LogP contribution in [0, 0.1) is 0 Å². The number of rotatable bonds is 5. The second-order valence-corrected chi connectivity index (χ2v) is 4.00. The van der Waals surface area contributed by atoms with Crippen LogP contribution in [0.3, 0.4) is 0 Å². The third-order valence-electron chi connectivity index (χ3n) is 2.47. The lowest BCUT2D eigenvalue weighted by Crippen LogP contribution is -2.18. The van der Waals surface area contributed by atoms with E-state index in [1.54, 1.807) is 0 Å². The van der Waals surface area contributed by atoms with Crippen molar-refractivity contribution in [2.45, 2.75) is 12.9 Å². The van der Waals surface area contributed by atoms with Gasteiger partial charge in [0.15, 0.2) is 5.75 Å². The highest BCUT2D eigenvalue weighted by atomic mass is 19.4. The molecule has 0 aliphatic rings. The maximum Gasteiger partial charge on any atom is 0.573 e. The number of anilines is 1. The molecule has 5 nitrogen and oxygen atoms in total. The molecular weight excluding hydrogens is 291 g/mol. The van der Waals surface area contributed by atoms with Gasteiger partial charge < -0.3 is 19.6 Å². The summed E-state index contributed by atoms with van der Waals surface area (Å²) in [5, 5.41) is 11.4. The summed E-state index contributed by atoms with van der Waals surface area (Å²) in [7, 11) is 0. The zero-order valence-electron chi connectivity index (χ0n) is 10.5. The fourth-order valence-electron chi connectivity index (χ4n) is 1.59. The van der Waals surface area contributed by atoms with Crippen molar-refractivity contribution in [1.29, 1.82) is 0 Å². The fourth-order valence-corrected chi connectivity index (χ4v) is 1.59. The quantitative estimate of drug-likeness (QED) is 0.884. The van der Waals surface area contributed by atoms with Gasteiger partial charge in [-0.25, -0.2) is 4.79 Å². The van der Waals surface area contributed by atoms with Crippen LogP contribution in [0.2, 0.25) is 0 Å². The minimum atomic E-state index is -4.79. The average molecular weight is 301 g/mol. The molecule has 0 saturated heterocycles. The van der Waals surface area contributed by atoms with Crippen LogP contribution >= 0.6 is 0 Å². The number of benzene rings is 1. The van der Waals surface area contributed by atoms with E-state index in [9.17, 15) is 18.0 Å². The number of aromatic carboxylic acids is 1. The van der Waals surface area contributed by atoms with E-state index in [0.717, 1.165) is 6.26 Å². The second-order valence-electron chi connectivity index (χ2n) is 4.00. The molecule has 2 rings (SSSR count). The number of ether oxygens (including phenoxy) is 1. The molecule has 0 aliphatic heterocycles. The molecule has 0 amide bonds. The van der Waals surface area contributed by atoms with Crippen LogP contribution in [0.15, 0.2) is 41.0 Å². The first kappa shape index (κ1) is 14.8. The molecule has 2 aromatic rings. The van der Waals surface area contributed by atoms with Crippen LogP contribution < -0.4 is 10.1 Å². The van der Waals surface area contributed by atoms with E-state index in [-0.39, 0.29) is 29.3 Å². The van der Waals surface area contributed by atoms with E-state index in [2.05, 4.69) is 10.1 Å². The molecule has 1 aromatic carbocycles. The summed E-state index contributed by atoms with van der Waals surface area (Å²) in [5.41, 5.74) is 0.0785. The van der Waals surface area contributed by atoms with Gasteiger partial charge in [-0.15, -0.1) is 13.2 Å². The number of alkyl halides is 3. The summed E-state index contributed by atoms with van der Waals surface area (Å²) in [5.74, 6) is -1.25. The molecule has 0 unspecified atom stereocenters. The number of hydrogen-bond donors (Lipinski definition) is 2. The molecule has 0 atom stereocenters. The molecule has 21 heavy (non-hydrogen) atoms. The summed E-state index contributed by atoms with van der Waals surface area (Å²) < 4.78 is 45.6. The smallest absolute Gasteiger partial charge is 0.478 e. The highest BCUT2D eigenvalue weighted by molar-refractivity contribution is 5.87. The van der Waals surface area contributed by atoms with Crippen molar-refractivity contribution in [3.63, 3.8) is 0 Å². The molecule has 8 heteroatoms. The second kappa shape index (κ2) is 5.78. The Balaban J connectivity index is 2.07. The molecule has 2 N–H and O–H groups in total. The first-order valence-electron chi connectivity index (χ1n) is 5.74. The Kier molecular flexibility index (Phi) is 4.06. The number of para-hydroxylation sites is 2. The lowest BCUT2D eigenvalue weighted by molar-refractivity contribution is -0.274. The van der Waals surface area contributed by atoms with E-state index >= 15 is 0 Å². The SMILES string of the molecule is O=C(O)c1coc(CNc2ccccc2OC(F)(F)F)c1. The van der Waals surface area contributed by atoms with Crippen molar-refractivity contribution >= 4 is 11.7 Å². The zero-order chi connectivity index (χ0) is 15.5. The largest absolute Gasteiger partial charge is 0.573 e.